The van der Waals surface area contributed by atoms with Crippen molar-refractivity contribution in [1.82, 2.24) is 0 Å². The van der Waals surface area contributed by atoms with E-state index in [1.807, 2.05) is 0 Å². The summed E-state index contributed by atoms with van der Waals surface area (Å²) < 4.78 is 33.6. The Hall–Kier alpha value is -2.45. The number of aliphatic hydroxyl groups excluding tert-OH is 5. The summed E-state index contributed by atoms with van der Waals surface area (Å²) >= 11 is 0. The van der Waals surface area contributed by atoms with Crippen LogP contribution in [0.3, 0.4) is 0 Å². The standard InChI is InChI=1S/C53H93O13P/c1-3-5-7-9-11-13-15-17-19-21-22-23-24-26-27-29-31-33-35-37-39-41-46(54)63-43-45(44-64-67(61,62)66-53-51(59)49(57)48(56)50(58)52(53)60)65-47(55)42-40-38-36-34-32-30-28-25-20-18-16-14-12-10-8-6-4-2/h6,8,12,14,18,20-22,28,30,45,48-53,56-60H,3-5,7,9-11,13,15-17,19,23-27,29,31-44H2,1-2H3,(H,61,62)/b8-6-,14-12-,20-18-,22-21-,30-28-. The Morgan fingerprint density at radius 2 is 0.851 bits per heavy atom. The normalized spacial score (nSPS) is 21.6. The zero-order valence-corrected chi connectivity index (χ0v) is 42.3. The van der Waals surface area contributed by atoms with Gasteiger partial charge in [0.1, 0.15) is 43.2 Å². The number of phosphoric ester groups is 1. The molecule has 0 aromatic carbocycles. The minimum Gasteiger partial charge on any atom is -0.462 e. The SMILES string of the molecule is CC/C=C\C/C=C\C/C=C\C/C=C\CCCCCCC(=O)OC(COC(=O)CCCCCCCCCCC/C=C\CCCCCCCCCC)COP(=O)(O)OC1C(O)C(O)C(O)C(O)C1O. The van der Waals surface area contributed by atoms with Gasteiger partial charge in [0.05, 0.1) is 6.61 Å². The molecule has 6 N–H and O–H groups in total. The molecule has 0 spiro atoms. The number of phosphoric acid groups is 1. The molecule has 1 saturated carbocycles. The number of carbonyl (C=O) groups excluding carboxylic acids is 2. The van der Waals surface area contributed by atoms with Gasteiger partial charge in [0.15, 0.2) is 6.10 Å². The van der Waals surface area contributed by atoms with Gasteiger partial charge in [-0.05, 0) is 77.0 Å². The van der Waals surface area contributed by atoms with Crippen molar-refractivity contribution in [3.05, 3.63) is 60.8 Å². The third-order valence-electron chi connectivity index (χ3n) is 11.8. The zero-order valence-electron chi connectivity index (χ0n) is 41.4. The molecule has 1 fully saturated rings. The number of carbonyl (C=O) groups is 2. The summed E-state index contributed by atoms with van der Waals surface area (Å²) in [5.74, 6) is -1.13. The summed E-state index contributed by atoms with van der Waals surface area (Å²) in [4.78, 5) is 35.8. The average Bonchev–Trinajstić information content (AvgIpc) is 3.31. The number of hydrogen-bond acceptors (Lipinski definition) is 12. The van der Waals surface area contributed by atoms with E-state index in [1.54, 1.807) is 0 Å². The van der Waals surface area contributed by atoms with E-state index in [0.29, 0.717) is 12.8 Å². The maximum Gasteiger partial charge on any atom is 0.472 e. The van der Waals surface area contributed by atoms with E-state index in [9.17, 15) is 44.6 Å². The molecule has 0 aromatic rings. The van der Waals surface area contributed by atoms with Crippen molar-refractivity contribution >= 4 is 19.8 Å². The van der Waals surface area contributed by atoms with Gasteiger partial charge in [-0.15, -0.1) is 0 Å². The first-order valence-corrected chi connectivity index (χ1v) is 27.6. The molecule has 0 saturated heterocycles. The maximum atomic E-state index is 12.9. The van der Waals surface area contributed by atoms with Crippen molar-refractivity contribution in [2.45, 2.75) is 249 Å². The molecule has 0 bridgehead atoms. The first-order valence-electron chi connectivity index (χ1n) is 26.1. The first-order chi connectivity index (χ1) is 32.4. The molecule has 1 aliphatic rings. The van der Waals surface area contributed by atoms with Gasteiger partial charge >= 0.3 is 19.8 Å². The van der Waals surface area contributed by atoms with Gasteiger partial charge in [0.25, 0.3) is 0 Å². The monoisotopic (exact) mass is 969 g/mol. The molecule has 1 rings (SSSR count). The van der Waals surface area contributed by atoms with Gasteiger partial charge in [0.2, 0.25) is 0 Å². The third kappa shape index (κ3) is 34.5. The van der Waals surface area contributed by atoms with Crippen LogP contribution >= 0.6 is 7.82 Å². The summed E-state index contributed by atoms with van der Waals surface area (Å²) in [7, 11) is -5.13. The van der Waals surface area contributed by atoms with Crippen LogP contribution in [0.4, 0.5) is 0 Å². The van der Waals surface area contributed by atoms with Crippen LogP contribution in [0.25, 0.3) is 0 Å². The summed E-state index contributed by atoms with van der Waals surface area (Å²) in [6.45, 7) is 3.18. The zero-order chi connectivity index (χ0) is 49.2. The van der Waals surface area contributed by atoms with Crippen LogP contribution < -0.4 is 0 Å². The molecular weight excluding hydrogens is 876 g/mol. The van der Waals surface area contributed by atoms with Crippen molar-refractivity contribution < 1.29 is 63.1 Å². The maximum absolute atomic E-state index is 12.9. The van der Waals surface area contributed by atoms with E-state index in [1.165, 1.54) is 83.5 Å². The smallest absolute Gasteiger partial charge is 0.462 e. The van der Waals surface area contributed by atoms with Crippen LogP contribution in [-0.2, 0) is 32.7 Å². The number of allylic oxidation sites excluding steroid dienone is 10. The van der Waals surface area contributed by atoms with Gasteiger partial charge in [-0.25, -0.2) is 4.57 Å². The lowest BCUT2D eigenvalue weighted by molar-refractivity contribution is -0.220. The number of hydrogen-bond donors (Lipinski definition) is 6. The van der Waals surface area contributed by atoms with Crippen molar-refractivity contribution in [2.75, 3.05) is 13.2 Å². The fourth-order valence-electron chi connectivity index (χ4n) is 7.69. The predicted molar refractivity (Wildman–Crippen MR) is 267 cm³/mol. The lowest BCUT2D eigenvalue weighted by atomic mass is 9.85. The van der Waals surface area contributed by atoms with E-state index in [-0.39, 0.29) is 12.8 Å². The summed E-state index contributed by atoms with van der Waals surface area (Å²) in [6, 6.07) is 0. The first kappa shape index (κ1) is 62.6. The highest BCUT2D eigenvalue weighted by Gasteiger charge is 2.51. The van der Waals surface area contributed by atoms with E-state index in [2.05, 4.69) is 74.6 Å². The highest BCUT2D eigenvalue weighted by molar-refractivity contribution is 7.47. The van der Waals surface area contributed by atoms with Gasteiger partial charge in [-0.3, -0.25) is 18.6 Å². The largest absolute Gasteiger partial charge is 0.472 e. The fourth-order valence-corrected chi connectivity index (χ4v) is 8.66. The highest BCUT2D eigenvalue weighted by atomic mass is 31.2. The van der Waals surface area contributed by atoms with Crippen molar-refractivity contribution in [1.29, 1.82) is 0 Å². The number of unbranched alkanes of at least 4 members (excludes halogenated alkanes) is 21. The van der Waals surface area contributed by atoms with Crippen LogP contribution in [0.15, 0.2) is 60.8 Å². The highest BCUT2D eigenvalue weighted by Crippen LogP contribution is 2.47. The number of esters is 2. The molecule has 388 valence electrons. The van der Waals surface area contributed by atoms with Crippen molar-refractivity contribution in [3.63, 3.8) is 0 Å². The lowest BCUT2D eigenvalue weighted by Gasteiger charge is -2.41. The molecule has 6 atom stereocenters. The summed E-state index contributed by atoms with van der Waals surface area (Å²) in [5, 5.41) is 50.3. The molecule has 0 heterocycles. The van der Waals surface area contributed by atoms with Crippen LogP contribution in [0.5, 0.6) is 0 Å². The molecule has 0 amide bonds. The average molecular weight is 969 g/mol. The quantitative estimate of drug-likeness (QED) is 0.0146. The van der Waals surface area contributed by atoms with E-state index in [0.717, 1.165) is 83.5 Å². The van der Waals surface area contributed by atoms with Crippen LogP contribution in [0, 0.1) is 0 Å². The fraction of sp³-hybridized carbons (Fsp3) is 0.774. The Kier molecular flexibility index (Phi) is 39.6. The molecule has 0 aromatic heterocycles. The number of ether oxygens (including phenoxy) is 2. The Labute approximate surface area is 404 Å². The lowest BCUT2D eigenvalue weighted by Crippen LogP contribution is -2.64. The van der Waals surface area contributed by atoms with E-state index >= 15 is 0 Å². The second-order valence-electron chi connectivity index (χ2n) is 18.0. The predicted octanol–water partition coefficient (Wildman–Crippen LogP) is 11.3. The molecule has 6 unspecified atom stereocenters. The van der Waals surface area contributed by atoms with Crippen LogP contribution in [0.2, 0.25) is 0 Å². The minimum absolute atomic E-state index is 0.0665. The van der Waals surface area contributed by atoms with Crippen LogP contribution in [-0.4, -0.2) is 98.3 Å². The molecule has 1 aliphatic carbocycles. The van der Waals surface area contributed by atoms with E-state index < -0.39 is 75.7 Å². The molecule has 0 radical (unpaired) electrons. The molecular formula is C53H93O13P. The molecule has 67 heavy (non-hydrogen) atoms. The summed E-state index contributed by atoms with van der Waals surface area (Å²) in [5.41, 5.74) is 0. The topological polar surface area (TPSA) is 210 Å². The molecule has 13 nitrogen and oxygen atoms in total. The van der Waals surface area contributed by atoms with E-state index in [4.69, 9.17) is 18.5 Å². The Morgan fingerprint density at radius 3 is 1.31 bits per heavy atom. The van der Waals surface area contributed by atoms with Gasteiger partial charge in [0, 0.05) is 12.8 Å². The number of rotatable bonds is 43. The second-order valence-corrected chi connectivity index (χ2v) is 19.4. The van der Waals surface area contributed by atoms with Crippen molar-refractivity contribution in [3.8, 4) is 0 Å². The van der Waals surface area contributed by atoms with Crippen LogP contribution in [0.1, 0.15) is 206 Å². The Morgan fingerprint density at radius 1 is 0.478 bits per heavy atom. The van der Waals surface area contributed by atoms with Gasteiger partial charge in [-0.1, -0.05) is 177 Å². The summed E-state index contributed by atoms with van der Waals surface area (Å²) in [6.07, 6.45) is 39.8. The Balaban J connectivity index is 2.40. The van der Waals surface area contributed by atoms with Crippen molar-refractivity contribution in [2.24, 2.45) is 0 Å². The molecule has 14 heteroatoms. The third-order valence-corrected chi connectivity index (χ3v) is 12.8. The minimum atomic E-state index is -5.13. The molecule has 0 aliphatic heterocycles. The van der Waals surface area contributed by atoms with Gasteiger partial charge < -0.3 is 39.9 Å². The Bertz CT molecular complexity index is 1400. The number of aliphatic hydroxyl groups is 5. The van der Waals surface area contributed by atoms with Gasteiger partial charge in [-0.2, -0.15) is 0 Å². The second kappa shape index (κ2) is 42.4.